The van der Waals surface area contributed by atoms with E-state index in [1.807, 2.05) is 0 Å². The molecule has 0 unspecified atom stereocenters. The summed E-state index contributed by atoms with van der Waals surface area (Å²) >= 11 is 0. The fourth-order valence-corrected chi connectivity index (χ4v) is 2.74. The molecule has 2 rings (SSSR count). The molecule has 1 aromatic rings. The van der Waals surface area contributed by atoms with E-state index in [-0.39, 0.29) is 24.8 Å². The SMILES string of the molecule is O=C([O-])[C@](O)(c1ccccc1)[C@H]1CCCC(F)(F)C1. The van der Waals surface area contributed by atoms with E-state index in [0.717, 1.165) is 0 Å². The fraction of sp³-hybridized carbons (Fsp3) is 0.500. The lowest BCUT2D eigenvalue weighted by molar-refractivity contribution is -0.332. The molecule has 0 aliphatic heterocycles. The molecule has 104 valence electrons. The summed E-state index contributed by atoms with van der Waals surface area (Å²) in [5, 5.41) is 21.7. The van der Waals surface area contributed by atoms with Crippen LogP contribution in [0.2, 0.25) is 0 Å². The van der Waals surface area contributed by atoms with Crippen LogP contribution in [0.1, 0.15) is 31.2 Å². The van der Waals surface area contributed by atoms with Crippen LogP contribution in [0.5, 0.6) is 0 Å². The van der Waals surface area contributed by atoms with Crippen LogP contribution in [-0.4, -0.2) is 17.0 Å². The minimum Gasteiger partial charge on any atom is -0.547 e. The molecular formula is C14H15F2O3-. The van der Waals surface area contributed by atoms with E-state index in [2.05, 4.69) is 0 Å². The molecule has 0 spiro atoms. The first-order valence-corrected chi connectivity index (χ1v) is 6.23. The van der Waals surface area contributed by atoms with Crippen molar-refractivity contribution in [2.45, 2.75) is 37.2 Å². The minimum absolute atomic E-state index is 0.0951. The normalized spacial score (nSPS) is 25.5. The standard InChI is InChI=1S/C14H16F2O3/c15-13(16)8-4-7-11(9-13)14(19,12(17)18)10-5-2-1-3-6-10/h1-3,5-6,11,19H,4,7-9H2,(H,17,18)/p-1/t11-,14-/m0/s1. The van der Waals surface area contributed by atoms with Crippen LogP contribution >= 0.6 is 0 Å². The van der Waals surface area contributed by atoms with Crippen molar-refractivity contribution in [3.63, 3.8) is 0 Å². The molecule has 1 fully saturated rings. The van der Waals surface area contributed by atoms with Crippen LogP contribution < -0.4 is 5.11 Å². The lowest BCUT2D eigenvalue weighted by Gasteiger charge is -2.41. The molecule has 19 heavy (non-hydrogen) atoms. The molecule has 0 aromatic heterocycles. The van der Waals surface area contributed by atoms with Crippen LogP contribution in [0.4, 0.5) is 8.78 Å². The largest absolute Gasteiger partial charge is 0.547 e. The van der Waals surface area contributed by atoms with E-state index in [9.17, 15) is 23.8 Å². The number of carbonyl (C=O) groups excluding carboxylic acids is 1. The number of carboxylic acids is 1. The number of benzene rings is 1. The van der Waals surface area contributed by atoms with E-state index >= 15 is 0 Å². The molecule has 0 saturated heterocycles. The van der Waals surface area contributed by atoms with Crippen molar-refractivity contribution in [3.05, 3.63) is 35.9 Å². The number of hydrogen-bond donors (Lipinski definition) is 1. The molecule has 3 nitrogen and oxygen atoms in total. The molecule has 1 saturated carbocycles. The summed E-state index contributed by atoms with van der Waals surface area (Å²) in [6.45, 7) is 0. The molecule has 5 heteroatoms. The lowest BCUT2D eigenvalue weighted by Crippen LogP contribution is -2.53. The lowest BCUT2D eigenvalue weighted by atomic mass is 9.72. The van der Waals surface area contributed by atoms with E-state index in [1.165, 1.54) is 12.1 Å². The van der Waals surface area contributed by atoms with Gasteiger partial charge in [-0.15, -0.1) is 0 Å². The maximum absolute atomic E-state index is 13.4. The smallest absolute Gasteiger partial charge is 0.248 e. The second-order valence-electron chi connectivity index (χ2n) is 5.07. The highest BCUT2D eigenvalue weighted by Gasteiger charge is 2.47. The van der Waals surface area contributed by atoms with Crippen LogP contribution in [0.15, 0.2) is 30.3 Å². The Morgan fingerprint density at radius 2 is 2.00 bits per heavy atom. The molecule has 0 radical (unpaired) electrons. The highest BCUT2D eigenvalue weighted by atomic mass is 19.3. The van der Waals surface area contributed by atoms with Gasteiger partial charge in [0, 0.05) is 18.8 Å². The number of halogens is 2. The third-order valence-corrected chi connectivity index (χ3v) is 3.76. The summed E-state index contributed by atoms with van der Waals surface area (Å²) in [6, 6.07) is 7.62. The van der Waals surface area contributed by atoms with Gasteiger partial charge in [0.15, 0.2) is 0 Å². The average Bonchev–Trinajstić information content (AvgIpc) is 2.37. The highest BCUT2D eigenvalue weighted by Crippen LogP contribution is 2.44. The summed E-state index contributed by atoms with van der Waals surface area (Å²) in [6.07, 6.45) is -0.456. The number of hydrogen-bond acceptors (Lipinski definition) is 3. The zero-order valence-electron chi connectivity index (χ0n) is 10.3. The number of aliphatic hydroxyl groups is 1. The second-order valence-corrected chi connectivity index (χ2v) is 5.07. The Bertz CT molecular complexity index is 461. The van der Waals surface area contributed by atoms with Crippen molar-refractivity contribution < 1.29 is 23.8 Å². The van der Waals surface area contributed by atoms with E-state index < -0.39 is 29.8 Å². The molecule has 1 aromatic carbocycles. The summed E-state index contributed by atoms with van der Waals surface area (Å²) in [5.74, 6) is -5.69. The Labute approximate surface area is 109 Å². The Kier molecular flexibility index (Phi) is 3.58. The average molecular weight is 269 g/mol. The van der Waals surface area contributed by atoms with Gasteiger partial charge in [0.05, 0.1) is 5.97 Å². The van der Waals surface area contributed by atoms with Gasteiger partial charge in [0.25, 0.3) is 0 Å². The van der Waals surface area contributed by atoms with Gasteiger partial charge in [0.2, 0.25) is 5.92 Å². The van der Waals surface area contributed by atoms with Crippen molar-refractivity contribution in [1.29, 1.82) is 0 Å². The molecule has 0 heterocycles. The van der Waals surface area contributed by atoms with Crippen LogP contribution in [0.25, 0.3) is 0 Å². The number of rotatable bonds is 3. The van der Waals surface area contributed by atoms with Crippen LogP contribution in [0.3, 0.4) is 0 Å². The van der Waals surface area contributed by atoms with Crippen molar-refractivity contribution in [3.8, 4) is 0 Å². The zero-order chi connectivity index (χ0) is 14.1. The van der Waals surface area contributed by atoms with Gasteiger partial charge < -0.3 is 15.0 Å². The first kappa shape index (κ1) is 13.9. The Morgan fingerprint density at radius 3 is 2.53 bits per heavy atom. The van der Waals surface area contributed by atoms with Gasteiger partial charge in [-0.3, -0.25) is 0 Å². The van der Waals surface area contributed by atoms with Gasteiger partial charge in [-0.05, 0) is 18.4 Å². The molecule has 1 aliphatic carbocycles. The number of alkyl halides is 2. The molecule has 2 atom stereocenters. The molecule has 0 bridgehead atoms. The number of carboxylic acid groups (broad SMARTS) is 1. The Hall–Kier alpha value is -1.49. The first-order chi connectivity index (χ1) is 8.86. The van der Waals surface area contributed by atoms with Gasteiger partial charge in [0.1, 0.15) is 5.60 Å². The van der Waals surface area contributed by atoms with E-state index in [0.29, 0.717) is 0 Å². The Balaban J connectivity index is 2.38. The quantitative estimate of drug-likeness (QED) is 0.903. The molecule has 1 aliphatic rings. The summed E-state index contributed by atoms with van der Waals surface area (Å²) in [5.41, 5.74) is -2.26. The third kappa shape index (κ3) is 2.61. The molecule has 1 N–H and O–H groups in total. The van der Waals surface area contributed by atoms with Gasteiger partial charge in [-0.1, -0.05) is 30.3 Å². The highest BCUT2D eigenvalue weighted by molar-refractivity contribution is 5.77. The fourth-order valence-electron chi connectivity index (χ4n) is 2.74. The Morgan fingerprint density at radius 1 is 1.37 bits per heavy atom. The van der Waals surface area contributed by atoms with Crippen molar-refractivity contribution in [2.24, 2.45) is 5.92 Å². The minimum atomic E-state index is -2.93. The van der Waals surface area contributed by atoms with Gasteiger partial charge in [-0.25, -0.2) is 8.78 Å². The number of aliphatic carboxylic acids is 1. The maximum Gasteiger partial charge on any atom is 0.248 e. The summed E-state index contributed by atoms with van der Waals surface area (Å²) in [4.78, 5) is 11.3. The van der Waals surface area contributed by atoms with E-state index in [1.54, 1.807) is 18.2 Å². The van der Waals surface area contributed by atoms with Crippen molar-refractivity contribution >= 4 is 5.97 Å². The van der Waals surface area contributed by atoms with Crippen molar-refractivity contribution in [2.75, 3.05) is 0 Å². The topological polar surface area (TPSA) is 60.4 Å². The first-order valence-electron chi connectivity index (χ1n) is 6.23. The zero-order valence-corrected chi connectivity index (χ0v) is 10.3. The maximum atomic E-state index is 13.4. The predicted octanol–water partition coefficient (Wildman–Crippen LogP) is 1.45. The molecule has 0 amide bonds. The van der Waals surface area contributed by atoms with Crippen LogP contribution in [0, 0.1) is 5.92 Å². The second kappa shape index (κ2) is 4.89. The van der Waals surface area contributed by atoms with Gasteiger partial charge >= 0.3 is 0 Å². The van der Waals surface area contributed by atoms with Crippen molar-refractivity contribution in [1.82, 2.24) is 0 Å². The van der Waals surface area contributed by atoms with Gasteiger partial charge in [-0.2, -0.15) is 0 Å². The van der Waals surface area contributed by atoms with Crippen LogP contribution in [-0.2, 0) is 10.4 Å². The predicted molar refractivity (Wildman–Crippen MR) is 62.3 cm³/mol. The summed E-state index contributed by atoms with van der Waals surface area (Å²) in [7, 11) is 0. The summed E-state index contributed by atoms with van der Waals surface area (Å²) < 4.78 is 26.9. The van der Waals surface area contributed by atoms with E-state index in [4.69, 9.17) is 0 Å². The third-order valence-electron chi connectivity index (χ3n) is 3.76. The number of carbonyl (C=O) groups is 1. The molecular weight excluding hydrogens is 254 g/mol. The monoisotopic (exact) mass is 269 g/mol.